The number of allylic oxidation sites excluding steroid dienone is 1. The minimum Gasteiger partial charge on any atom is -0.393 e. The Bertz CT molecular complexity index is 1390. The van der Waals surface area contributed by atoms with Crippen molar-refractivity contribution in [3.63, 3.8) is 0 Å². The first kappa shape index (κ1) is 29.3. The maximum atomic E-state index is 13.4. The van der Waals surface area contributed by atoms with E-state index in [2.05, 4.69) is 38.4 Å². The number of carbonyl (C=O) groups excluding carboxylic acids is 2. The summed E-state index contributed by atoms with van der Waals surface area (Å²) < 4.78 is 0. The molecule has 2 heterocycles. The van der Waals surface area contributed by atoms with Crippen LogP contribution in [0, 0.1) is 5.41 Å². The molecule has 1 aliphatic rings. The average Bonchev–Trinajstić information content (AvgIpc) is 2.99. The molecule has 9 nitrogen and oxygen atoms in total. The van der Waals surface area contributed by atoms with Gasteiger partial charge in [0.2, 0.25) is 0 Å². The van der Waals surface area contributed by atoms with Crippen LogP contribution < -0.4 is 21.3 Å². The number of pyridine rings is 1. The Morgan fingerprint density at radius 2 is 1.63 bits per heavy atom. The van der Waals surface area contributed by atoms with Crippen LogP contribution in [0.15, 0.2) is 67.0 Å². The van der Waals surface area contributed by atoms with E-state index in [0.29, 0.717) is 41.6 Å². The van der Waals surface area contributed by atoms with E-state index in [4.69, 9.17) is 5.41 Å². The van der Waals surface area contributed by atoms with Crippen LogP contribution in [0.2, 0.25) is 0 Å². The summed E-state index contributed by atoms with van der Waals surface area (Å²) in [5.74, 6) is 0.743. The number of anilines is 3. The number of nitrogens with one attached hydrogen (secondary N) is 5. The number of hydrogen-bond acceptors (Lipinski definition) is 7. The normalized spacial score (nSPS) is 14.0. The van der Waals surface area contributed by atoms with Crippen molar-refractivity contribution >= 4 is 40.8 Å². The maximum absolute atomic E-state index is 13.4. The predicted molar refractivity (Wildman–Crippen MR) is 167 cm³/mol. The molecule has 2 amide bonds. The molecule has 0 unspecified atom stereocenters. The molecule has 0 atom stereocenters. The lowest BCUT2D eigenvalue weighted by Gasteiger charge is -2.32. The number of benzene rings is 2. The quantitative estimate of drug-likeness (QED) is 0.214. The summed E-state index contributed by atoms with van der Waals surface area (Å²) in [6.45, 7) is 5.37. The maximum Gasteiger partial charge on any atom is 0.257 e. The second-order valence-corrected chi connectivity index (χ2v) is 10.4. The zero-order chi connectivity index (χ0) is 29.4. The van der Waals surface area contributed by atoms with Crippen molar-refractivity contribution in [3.8, 4) is 0 Å². The van der Waals surface area contributed by atoms with Gasteiger partial charge in [-0.05, 0) is 74.1 Å². The van der Waals surface area contributed by atoms with Crippen LogP contribution in [-0.4, -0.2) is 61.1 Å². The number of amides is 2. The van der Waals surface area contributed by atoms with Gasteiger partial charge in [0.05, 0.1) is 16.9 Å². The van der Waals surface area contributed by atoms with Crippen LogP contribution in [-0.2, 0) is 0 Å². The highest BCUT2D eigenvalue weighted by molar-refractivity contribution is 6.08. The van der Waals surface area contributed by atoms with Crippen LogP contribution in [0.25, 0.3) is 5.57 Å². The van der Waals surface area contributed by atoms with Gasteiger partial charge in [-0.15, -0.1) is 0 Å². The van der Waals surface area contributed by atoms with Gasteiger partial charge in [-0.1, -0.05) is 24.3 Å². The minimum absolute atomic E-state index is 0.0458. The summed E-state index contributed by atoms with van der Waals surface area (Å²) in [4.78, 5) is 32.6. The molecule has 4 rings (SSSR count). The van der Waals surface area contributed by atoms with Crippen molar-refractivity contribution in [2.24, 2.45) is 0 Å². The highest BCUT2D eigenvalue weighted by Gasteiger charge is 2.25. The molecule has 1 aliphatic heterocycles. The monoisotopic (exact) mass is 553 g/mol. The van der Waals surface area contributed by atoms with E-state index in [1.807, 2.05) is 50.2 Å². The summed E-state index contributed by atoms with van der Waals surface area (Å²) in [5.41, 5.74) is 5.30. The second-order valence-electron chi connectivity index (χ2n) is 10.4. The average molecular weight is 554 g/mol. The molecule has 1 fully saturated rings. The van der Waals surface area contributed by atoms with Gasteiger partial charge < -0.3 is 31.6 Å². The van der Waals surface area contributed by atoms with Gasteiger partial charge in [0, 0.05) is 63.0 Å². The Hall–Kier alpha value is -4.66. The lowest BCUT2D eigenvalue weighted by Crippen LogP contribution is -2.38. The SMILES string of the molecule is CN/C=C(\C=N)c1ccc(C2CCN(C(=O)c3ccc(NC)c(NC(=O)c4ccc(NC(C)C)nc4)c3)CC2)cc1. The van der Waals surface area contributed by atoms with Crippen molar-refractivity contribution in [2.75, 3.05) is 43.1 Å². The van der Waals surface area contributed by atoms with Gasteiger partial charge in [0.15, 0.2) is 0 Å². The molecule has 0 aliphatic carbocycles. The van der Waals surface area contributed by atoms with Gasteiger partial charge in [-0.3, -0.25) is 9.59 Å². The molecule has 214 valence electrons. The fourth-order valence-corrected chi connectivity index (χ4v) is 5.01. The molecule has 2 aromatic carbocycles. The van der Waals surface area contributed by atoms with Crippen LogP contribution in [0.1, 0.15) is 64.4 Å². The van der Waals surface area contributed by atoms with E-state index in [9.17, 15) is 9.59 Å². The Morgan fingerprint density at radius 1 is 0.951 bits per heavy atom. The van der Waals surface area contributed by atoms with Crippen molar-refractivity contribution in [2.45, 2.75) is 38.6 Å². The summed E-state index contributed by atoms with van der Waals surface area (Å²) >= 11 is 0. The smallest absolute Gasteiger partial charge is 0.257 e. The first-order chi connectivity index (χ1) is 19.8. The van der Waals surface area contributed by atoms with Gasteiger partial charge in [-0.2, -0.15) is 0 Å². The first-order valence-corrected chi connectivity index (χ1v) is 14.0. The number of rotatable bonds is 10. The molecule has 1 aromatic heterocycles. The van der Waals surface area contributed by atoms with Gasteiger partial charge in [-0.25, -0.2) is 4.98 Å². The van der Waals surface area contributed by atoms with Gasteiger partial charge in [0.1, 0.15) is 5.82 Å². The summed E-state index contributed by atoms with van der Waals surface area (Å²) in [5, 5.41) is 19.8. The molecule has 9 heteroatoms. The molecule has 41 heavy (non-hydrogen) atoms. The number of piperidine rings is 1. The topological polar surface area (TPSA) is 122 Å². The summed E-state index contributed by atoms with van der Waals surface area (Å²) in [6, 6.07) is 17.4. The zero-order valence-corrected chi connectivity index (χ0v) is 24.1. The number of nitrogens with zero attached hydrogens (tertiary/aromatic N) is 2. The molecule has 0 saturated carbocycles. The second kappa shape index (κ2) is 13.6. The molecule has 0 radical (unpaired) electrons. The van der Waals surface area contributed by atoms with E-state index in [1.165, 1.54) is 18.0 Å². The van der Waals surface area contributed by atoms with Crippen LogP contribution >= 0.6 is 0 Å². The molecular formula is C32H39N7O2. The highest BCUT2D eigenvalue weighted by Crippen LogP contribution is 2.31. The minimum atomic E-state index is -0.296. The fourth-order valence-electron chi connectivity index (χ4n) is 5.01. The van der Waals surface area contributed by atoms with E-state index in [-0.39, 0.29) is 17.9 Å². The van der Waals surface area contributed by atoms with Crippen LogP contribution in [0.4, 0.5) is 17.2 Å². The summed E-state index contributed by atoms with van der Waals surface area (Å²) in [7, 11) is 3.60. The standard InChI is InChI=1S/C32H39N7O2/c1-21(2)37-30-12-10-26(20-36-30)31(40)38-29-17-25(9-11-28(29)35-4)32(41)39-15-13-24(14-16-39)22-5-7-23(8-6-22)27(18-33)19-34-3/h5-12,17-21,24,33-35H,13-16H2,1-4H3,(H,36,37)(H,38,40)/b27-19+,33-18?. The predicted octanol–water partition coefficient (Wildman–Crippen LogP) is 5.43. The molecule has 0 spiro atoms. The van der Waals surface area contributed by atoms with Crippen molar-refractivity contribution < 1.29 is 9.59 Å². The van der Waals surface area contributed by atoms with E-state index >= 15 is 0 Å². The Labute approximate surface area is 242 Å². The molecule has 3 aromatic rings. The molecule has 1 saturated heterocycles. The third-order valence-corrected chi connectivity index (χ3v) is 7.20. The Morgan fingerprint density at radius 3 is 2.22 bits per heavy atom. The molecule has 5 N–H and O–H groups in total. The zero-order valence-electron chi connectivity index (χ0n) is 24.1. The lowest BCUT2D eigenvalue weighted by molar-refractivity contribution is 0.0712. The van der Waals surface area contributed by atoms with Crippen molar-refractivity contribution in [1.29, 1.82) is 5.41 Å². The number of likely N-dealkylation sites (tertiary alicyclic amines) is 1. The Balaban J connectivity index is 1.40. The first-order valence-electron chi connectivity index (χ1n) is 14.0. The summed E-state index contributed by atoms with van der Waals surface area (Å²) in [6.07, 6.45) is 6.45. The fraction of sp³-hybridized carbons (Fsp3) is 0.312. The third kappa shape index (κ3) is 7.30. The molecule has 0 bridgehead atoms. The third-order valence-electron chi connectivity index (χ3n) is 7.20. The lowest BCUT2D eigenvalue weighted by atomic mass is 9.88. The number of hydrogen-bond donors (Lipinski definition) is 5. The number of carbonyl (C=O) groups is 2. The van der Waals surface area contributed by atoms with Crippen LogP contribution in [0.3, 0.4) is 0 Å². The van der Waals surface area contributed by atoms with Crippen LogP contribution in [0.5, 0.6) is 0 Å². The molecular weight excluding hydrogens is 514 g/mol. The van der Waals surface area contributed by atoms with Crippen molar-refractivity contribution in [3.05, 3.63) is 89.2 Å². The van der Waals surface area contributed by atoms with Gasteiger partial charge in [0.25, 0.3) is 11.8 Å². The highest BCUT2D eigenvalue weighted by atomic mass is 16.2. The van der Waals surface area contributed by atoms with E-state index in [0.717, 1.165) is 29.7 Å². The van der Waals surface area contributed by atoms with E-state index < -0.39 is 0 Å². The number of aromatic nitrogens is 1. The van der Waals surface area contributed by atoms with Crippen molar-refractivity contribution in [1.82, 2.24) is 15.2 Å². The largest absolute Gasteiger partial charge is 0.393 e. The Kier molecular flexibility index (Phi) is 9.73. The van der Waals surface area contributed by atoms with Gasteiger partial charge >= 0.3 is 0 Å². The van der Waals surface area contributed by atoms with E-state index in [1.54, 1.807) is 31.3 Å².